The van der Waals surface area contributed by atoms with Gasteiger partial charge in [-0.3, -0.25) is 0 Å². The van der Waals surface area contributed by atoms with Crippen LogP contribution in [0.1, 0.15) is 35.6 Å². The van der Waals surface area contributed by atoms with Crippen LogP contribution in [0.15, 0.2) is 0 Å². The van der Waals surface area contributed by atoms with E-state index in [9.17, 15) is 0 Å². The second kappa shape index (κ2) is 24.3. The summed E-state index contributed by atoms with van der Waals surface area (Å²) in [5.41, 5.74) is 0. The topological polar surface area (TPSA) is 0 Å². The van der Waals surface area contributed by atoms with Crippen molar-refractivity contribution < 1.29 is 32.7 Å². The maximum Gasteiger partial charge on any atom is 0 e. The molecule has 1 heteroatoms. The van der Waals surface area contributed by atoms with Crippen molar-refractivity contribution in [2.75, 3.05) is 0 Å². The Balaban J connectivity index is -0.00000000750. The molecule has 53 valence electrons. The van der Waals surface area contributed by atoms with Crippen LogP contribution in [-0.2, 0) is 32.7 Å². The van der Waals surface area contributed by atoms with Crippen molar-refractivity contribution in [1.29, 1.82) is 0 Å². The summed E-state index contributed by atoms with van der Waals surface area (Å²) in [5.74, 6) is 1.42. The molecule has 0 aromatic rings. The summed E-state index contributed by atoms with van der Waals surface area (Å²) in [4.78, 5) is 0. The van der Waals surface area contributed by atoms with E-state index in [1.807, 2.05) is 0 Å². The molecule has 0 nitrogen and oxygen atoms in total. The molecule has 0 aliphatic carbocycles. The van der Waals surface area contributed by atoms with Gasteiger partial charge in [0.15, 0.2) is 0 Å². The first-order valence-corrected chi connectivity index (χ1v) is 1.50. The van der Waals surface area contributed by atoms with Gasteiger partial charge in [0.1, 0.15) is 0 Å². The first-order valence-electron chi connectivity index (χ1n) is 1.50. The second-order valence-corrected chi connectivity index (χ2v) is 1.50. The number of rotatable bonds is 0. The summed E-state index contributed by atoms with van der Waals surface area (Å²) in [5, 5.41) is 0. The van der Waals surface area contributed by atoms with Crippen LogP contribution in [0.2, 0.25) is 0 Å². The molecule has 0 bridgehead atoms. The molecule has 0 unspecified atom stereocenters. The van der Waals surface area contributed by atoms with Gasteiger partial charge in [0.05, 0.1) is 0 Å². The van der Waals surface area contributed by atoms with Crippen LogP contribution in [0.25, 0.3) is 0 Å². The molecule has 0 aromatic heterocycles. The zero-order chi connectivity index (χ0) is 3.58. The quantitative estimate of drug-likeness (QED) is 0.517. The molecule has 0 aliphatic rings. The van der Waals surface area contributed by atoms with E-state index in [-0.39, 0.29) is 55.0 Å². The number of hydrogen-bond acceptors (Lipinski definition) is 0. The van der Waals surface area contributed by atoms with Gasteiger partial charge in [0.2, 0.25) is 0 Å². The average molecular weight is 193 g/mol. The molecule has 0 fully saturated rings. The standard InChI is InChI=1S/C4H9.2CH4.CH3.Y/c1-4(2)3;;;;/h1-3H3;2*1H4;1H3;/q-1;;;-1;. The molecule has 0 N–H and O–H groups in total. The van der Waals surface area contributed by atoms with Gasteiger partial charge in [-0.05, 0) is 0 Å². The molecule has 0 rings (SSSR count). The molecule has 0 saturated heterocycles. The SMILES string of the molecule is C.C.C[C-](C)C.[CH3-].[Y]. The summed E-state index contributed by atoms with van der Waals surface area (Å²) in [6.45, 7) is 6.25. The van der Waals surface area contributed by atoms with Crippen LogP contribution in [0.4, 0.5) is 0 Å². The Kier molecular flexibility index (Phi) is 108. The van der Waals surface area contributed by atoms with Crippen LogP contribution < -0.4 is 0 Å². The molecular formula is C7H20Y-2. The zero-order valence-corrected chi connectivity index (χ0v) is 7.92. The molecule has 0 aliphatic heterocycles. The second-order valence-electron chi connectivity index (χ2n) is 1.50. The van der Waals surface area contributed by atoms with E-state index in [1.165, 1.54) is 5.92 Å². The molecule has 8 heavy (non-hydrogen) atoms. The molecule has 0 heterocycles. The third-order valence-electron chi connectivity index (χ3n) is 0. The Morgan fingerprint density at radius 3 is 0.875 bits per heavy atom. The fourth-order valence-electron chi connectivity index (χ4n) is 0. The van der Waals surface area contributed by atoms with Crippen molar-refractivity contribution in [1.82, 2.24) is 0 Å². The van der Waals surface area contributed by atoms with Gasteiger partial charge >= 0.3 is 0 Å². The van der Waals surface area contributed by atoms with Crippen molar-refractivity contribution in [2.45, 2.75) is 35.6 Å². The minimum absolute atomic E-state index is 0. The monoisotopic (exact) mass is 193 g/mol. The minimum Gasteiger partial charge on any atom is -0.358 e. The van der Waals surface area contributed by atoms with Crippen LogP contribution in [0.3, 0.4) is 0 Å². The minimum atomic E-state index is 0. The molecule has 0 spiro atoms. The van der Waals surface area contributed by atoms with Gasteiger partial charge in [-0.25, -0.2) is 0 Å². The zero-order valence-electron chi connectivity index (χ0n) is 5.08. The van der Waals surface area contributed by atoms with Crippen LogP contribution in [0.5, 0.6) is 0 Å². The van der Waals surface area contributed by atoms with E-state index in [2.05, 4.69) is 20.8 Å². The summed E-state index contributed by atoms with van der Waals surface area (Å²) < 4.78 is 0. The summed E-state index contributed by atoms with van der Waals surface area (Å²) in [6, 6.07) is 0. The Morgan fingerprint density at radius 2 is 0.875 bits per heavy atom. The third-order valence-corrected chi connectivity index (χ3v) is 0. The Labute approximate surface area is 81.3 Å². The molecule has 0 atom stereocenters. The smallest absolute Gasteiger partial charge is 0 e. The first-order chi connectivity index (χ1) is 1.73. The molecule has 1 radical (unpaired) electrons. The molecule has 0 amide bonds. The van der Waals surface area contributed by atoms with E-state index < -0.39 is 0 Å². The van der Waals surface area contributed by atoms with Crippen molar-refractivity contribution >= 4 is 0 Å². The fraction of sp³-hybridized carbons (Fsp3) is 0.714. The summed E-state index contributed by atoms with van der Waals surface area (Å²) in [6.07, 6.45) is 0. The largest absolute Gasteiger partial charge is 0.358 e. The van der Waals surface area contributed by atoms with Crippen molar-refractivity contribution in [3.63, 3.8) is 0 Å². The third kappa shape index (κ3) is 217. The predicted octanol–water partition coefficient (Wildman–Crippen LogP) is 3.34. The van der Waals surface area contributed by atoms with Crippen LogP contribution >= 0.6 is 0 Å². The Hall–Kier alpha value is 1.10. The van der Waals surface area contributed by atoms with E-state index in [1.54, 1.807) is 0 Å². The molecular weight excluding hydrogens is 173 g/mol. The Morgan fingerprint density at radius 1 is 0.875 bits per heavy atom. The van der Waals surface area contributed by atoms with Crippen molar-refractivity contribution in [3.05, 3.63) is 13.3 Å². The van der Waals surface area contributed by atoms with Crippen molar-refractivity contribution in [2.24, 2.45) is 0 Å². The first kappa shape index (κ1) is 35.5. The van der Waals surface area contributed by atoms with Crippen LogP contribution in [-0.4, -0.2) is 0 Å². The van der Waals surface area contributed by atoms with E-state index in [0.717, 1.165) is 0 Å². The summed E-state index contributed by atoms with van der Waals surface area (Å²) >= 11 is 0. The van der Waals surface area contributed by atoms with Gasteiger partial charge in [-0.15, -0.1) is 0 Å². The van der Waals surface area contributed by atoms with E-state index in [0.29, 0.717) is 0 Å². The van der Waals surface area contributed by atoms with Gasteiger partial charge in [-0.2, -0.15) is 20.8 Å². The maximum atomic E-state index is 2.08. The normalized spacial score (nSPS) is 4.50. The number of hydrogen-bond donors (Lipinski definition) is 0. The maximum absolute atomic E-state index is 2.08. The van der Waals surface area contributed by atoms with Gasteiger partial charge < -0.3 is 13.3 Å². The predicted molar refractivity (Wildman–Crippen MR) is 40.1 cm³/mol. The van der Waals surface area contributed by atoms with Gasteiger partial charge in [0, 0.05) is 32.7 Å². The Bertz CT molecular complexity index is 9.10. The average Bonchev–Trinajstić information content (AvgIpc) is 0.811. The molecule has 0 aromatic carbocycles. The van der Waals surface area contributed by atoms with Gasteiger partial charge in [-0.1, -0.05) is 14.9 Å². The summed E-state index contributed by atoms with van der Waals surface area (Å²) in [7, 11) is 0. The van der Waals surface area contributed by atoms with Crippen molar-refractivity contribution in [3.8, 4) is 0 Å². The fourth-order valence-corrected chi connectivity index (χ4v) is 0. The van der Waals surface area contributed by atoms with Gasteiger partial charge in [0.25, 0.3) is 0 Å². The van der Waals surface area contributed by atoms with E-state index in [4.69, 9.17) is 0 Å². The van der Waals surface area contributed by atoms with E-state index >= 15 is 0 Å². The molecule has 0 saturated carbocycles. The van der Waals surface area contributed by atoms with Crippen LogP contribution in [0, 0.1) is 13.3 Å².